The molecule has 1 aliphatic carbocycles. The van der Waals surface area contributed by atoms with E-state index < -0.39 is 5.60 Å². The van der Waals surface area contributed by atoms with Crippen LogP contribution in [0.1, 0.15) is 65.7 Å². The van der Waals surface area contributed by atoms with E-state index in [1.807, 2.05) is 20.8 Å². The molecular weight excluding hydrogens is 296 g/mol. The van der Waals surface area contributed by atoms with Gasteiger partial charge in [0.2, 0.25) is 0 Å². The Morgan fingerprint density at radius 1 is 1.13 bits per heavy atom. The van der Waals surface area contributed by atoms with Crippen molar-refractivity contribution in [1.29, 1.82) is 0 Å². The first-order chi connectivity index (χ1) is 10.9. The molecule has 0 N–H and O–H groups in total. The fourth-order valence-electron chi connectivity index (χ4n) is 3.23. The molecule has 0 aromatic heterocycles. The van der Waals surface area contributed by atoms with E-state index in [9.17, 15) is 4.79 Å². The first-order valence-electron chi connectivity index (χ1n) is 8.99. The SMILES string of the molecule is CC(C)(C)OC(=O)COCC1CCCC(OC2CCCCO2)C1. The van der Waals surface area contributed by atoms with Gasteiger partial charge in [0.25, 0.3) is 0 Å². The Bertz CT molecular complexity index is 357. The Morgan fingerprint density at radius 2 is 1.96 bits per heavy atom. The van der Waals surface area contributed by atoms with Crippen LogP contribution in [0.15, 0.2) is 0 Å². The van der Waals surface area contributed by atoms with Crippen LogP contribution < -0.4 is 0 Å². The van der Waals surface area contributed by atoms with Gasteiger partial charge in [0.15, 0.2) is 6.29 Å². The van der Waals surface area contributed by atoms with Gasteiger partial charge in [-0.2, -0.15) is 0 Å². The van der Waals surface area contributed by atoms with Crippen LogP contribution >= 0.6 is 0 Å². The van der Waals surface area contributed by atoms with Gasteiger partial charge in [0.1, 0.15) is 12.2 Å². The molecule has 2 rings (SSSR count). The Labute approximate surface area is 140 Å². The molecule has 0 amide bonds. The summed E-state index contributed by atoms with van der Waals surface area (Å²) < 4.78 is 22.5. The van der Waals surface area contributed by atoms with Crippen molar-refractivity contribution in [1.82, 2.24) is 0 Å². The average molecular weight is 328 g/mol. The van der Waals surface area contributed by atoms with Crippen molar-refractivity contribution < 1.29 is 23.7 Å². The minimum absolute atomic E-state index is 0.0184. The third-order valence-electron chi connectivity index (χ3n) is 4.21. The second kappa shape index (κ2) is 9.00. The first kappa shape index (κ1) is 18.7. The summed E-state index contributed by atoms with van der Waals surface area (Å²) in [7, 11) is 0. The largest absolute Gasteiger partial charge is 0.458 e. The molecule has 1 saturated carbocycles. The van der Waals surface area contributed by atoms with Gasteiger partial charge in [-0.1, -0.05) is 6.42 Å². The average Bonchev–Trinajstić information content (AvgIpc) is 2.47. The Hall–Kier alpha value is -0.650. The molecular formula is C18H32O5. The Kier molecular flexibility index (Phi) is 7.31. The molecule has 0 aromatic rings. The Balaban J connectivity index is 1.62. The highest BCUT2D eigenvalue weighted by atomic mass is 16.7. The summed E-state index contributed by atoms with van der Waals surface area (Å²) in [5.41, 5.74) is -0.454. The van der Waals surface area contributed by atoms with E-state index in [0.717, 1.165) is 45.1 Å². The number of carbonyl (C=O) groups is 1. The molecule has 1 aliphatic heterocycles. The number of rotatable bonds is 6. The topological polar surface area (TPSA) is 54.0 Å². The fraction of sp³-hybridized carbons (Fsp3) is 0.944. The van der Waals surface area contributed by atoms with Gasteiger partial charge in [0.05, 0.1) is 12.7 Å². The molecule has 5 heteroatoms. The van der Waals surface area contributed by atoms with E-state index in [2.05, 4.69) is 0 Å². The van der Waals surface area contributed by atoms with Crippen molar-refractivity contribution in [2.24, 2.45) is 5.92 Å². The van der Waals surface area contributed by atoms with E-state index in [1.165, 1.54) is 6.42 Å². The minimum atomic E-state index is -0.454. The molecule has 3 atom stereocenters. The predicted molar refractivity (Wildman–Crippen MR) is 87.1 cm³/mol. The normalized spacial score (nSPS) is 29.3. The Morgan fingerprint density at radius 3 is 2.65 bits per heavy atom. The second-order valence-electron chi connectivity index (χ2n) is 7.69. The third kappa shape index (κ3) is 7.64. The zero-order chi connectivity index (χ0) is 16.7. The van der Waals surface area contributed by atoms with E-state index in [1.54, 1.807) is 0 Å². The van der Waals surface area contributed by atoms with E-state index in [4.69, 9.17) is 18.9 Å². The monoisotopic (exact) mass is 328 g/mol. The van der Waals surface area contributed by atoms with E-state index >= 15 is 0 Å². The van der Waals surface area contributed by atoms with Gasteiger partial charge in [0, 0.05) is 6.61 Å². The van der Waals surface area contributed by atoms with Crippen LogP contribution in [0.25, 0.3) is 0 Å². The zero-order valence-corrected chi connectivity index (χ0v) is 14.8. The highest BCUT2D eigenvalue weighted by molar-refractivity contribution is 5.71. The summed E-state index contributed by atoms with van der Waals surface area (Å²) in [6.45, 7) is 7.04. The minimum Gasteiger partial charge on any atom is -0.458 e. The maximum atomic E-state index is 11.6. The predicted octanol–water partition coefficient (Wildman–Crippen LogP) is 3.45. The summed E-state index contributed by atoms with van der Waals surface area (Å²) >= 11 is 0. The zero-order valence-electron chi connectivity index (χ0n) is 14.8. The van der Waals surface area contributed by atoms with Gasteiger partial charge in [-0.3, -0.25) is 0 Å². The summed E-state index contributed by atoms with van der Waals surface area (Å²) in [6.07, 6.45) is 7.98. The fourth-order valence-corrected chi connectivity index (χ4v) is 3.23. The summed E-state index contributed by atoms with van der Waals surface area (Å²) in [5.74, 6) is 0.163. The smallest absolute Gasteiger partial charge is 0.332 e. The van der Waals surface area contributed by atoms with Gasteiger partial charge in [-0.25, -0.2) is 4.79 Å². The van der Waals surface area contributed by atoms with Crippen LogP contribution in [0.5, 0.6) is 0 Å². The van der Waals surface area contributed by atoms with Crippen LogP contribution in [0.4, 0.5) is 0 Å². The maximum Gasteiger partial charge on any atom is 0.332 e. The standard InChI is InChI=1S/C18H32O5/c1-18(2,3)23-16(19)13-20-12-14-7-6-8-15(11-14)22-17-9-4-5-10-21-17/h14-15,17H,4-13H2,1-3H3. The van der Waals surface area contributed by atoms with Crippen LogP contribution in [0.3, 0.4) is 0 Å². The molecule has 2 fully saturated rings. The van der Waals surface area contributed by atoms with E-state index in [-0.39, 0.29) is 25.0 Å². The molecule has 2 aliphatic rings. The van der Waals surface area contributed by atoms with Crippen molar-refractivity contribution in [2.75, 3.05) is 19.8 Å². The number of esters is 1. The lowest BCUT2D eigenvalue weighted by Crippen LogP contribution is -2.33. The van der Waals surface area contributed by atoms with Crippen molar-refractivity contribution >= 4 is 5.97 Å². The van der Waals surface area contributed by atoms with E-state index in [0.29, 0.717) is 12.5 Å². The van der Waals surface area contributed by atoms with Gasteiger partial charge >= 0.3 is 5.97 Å². The molecule has 0 aromatic carbocycles. The van der Waals surface area contributed by atoms with Crippen molar-refractivity contribution in [3.63, 3.8) is 0 Å². The van der Waals surface area contributed by atoms with Gasteiger partial charge < -0.3 is 18.9 Å². The lowest BCUT2D eigenvalue weighted by Gasteiger charge is -2.33. The number of hydrogen-bond donors (Lipinski definition) is 0. The highest BCUT2D eigenvalue weighted by Gasteiger charge is 2.26. The molecule has 134 valence electrons. The summed E-state index contributed by atoms with van der Waals surface area (Å²) in [4.78, 5) is 11.6. The number of carbonyl (C=O) groups excluding carboxylic acids is 1. The molecule has 0 bridgehead atoms. The molecule has 1 heterocycles. The summed E-state index contributed by atoms with van der Waals surface area (Å²) in [6, 6.07) is 0. The highest BCUT2D eigenvalue weighted by Crippen LogP contribution is 2.29. The maximum absolute atomic E-state index is 11.6. The van der Waals surface area contributed by atoms with Crippen molar-refractivity contribution in [3.8, 4) is 0 Å². The van der Waals surface area contributed by atoms with Gasteiger partial charge in [-0.15, -0.1) is 0 Å². The molecule has 0 spiro atoms. The second-order valence-corrected chi connectivity index (χ2v) is 7.69. The quantitative estimate of drug-likeness (QED) is 0.699. The molecule has 0 radical (unpaired) electrons. The number of hydrogen-bond acceptors (Lipinski definition) is 5. The van der Waals surface area contributed by atoms with Crippen LogP contribution in [-0.4, -0.2) is 43.8 Å². The molecule has 3 unspecified atom stereocenters. The van der Waals surface area contributed by atoms with Crippen LogP contribution in [0.2, 0.25) is 0 Å². The van der Waals surface area contributed by atoms with Crippen molar-refractivity contribution in [2.45, 2.75) is 83.7 Å². The van der Waals surface area contributed by atoms with Crippen molar-refractivity contribution in [3.05, 3.63) is 0 Å². The lowest BCUT2D eigenvalue weighted by molar-refractivity contribution is -0.197. The van der Waals surface area contributed by atoms with Crippen LogP contribution in [0, 0.1) is 5.92 Å². The molecule has 1 saturated heterocycles. The van der Waals surface area contributed by atoms with Crippen LogP contribution in [-0.2, 0) is 23.7 Å². The van der Waals surface area contributed by atoms with Gasteiger partial charge in [-0.05, 0) is 65.2 Å². The first-order valence-corrected chi connectivity index (χ1v) is 8.99. The number of ether oxygens (including phenoxy) is 4. The third-order valence-corrected chi connectivity index (χ3v) is 4.21. The summed E-state index contributed by atoms with van der Waals surface area (Å²) in [5, 5.41) is 0. The lowest BCUT2D eigenvalue weighted by atomic mass is 9.87. The molecule has 23 heavy (non-hydrogen) atoms. The molecule has 5 nitrogen and oxygen atoms in total.